The third-order valence-corrected chi connectivity index (χ3v) is 2.99. The van der Waals surface area contributed by atoms with Crippen LogP contribution in [0.2, 0.25) is 0 Å². The van der Waals surface area contributed by atoms with Crippen LogP contribution in [-0.4, -0.2) is 24.9 Å². The SMILES string of the molecule is CCc1nn(C)cc1-n1cncc1CNC(C)(C)C. The second-order valence-corrected chi connectivity index (χ2v) is 5.85. The third kappa shape index (κ3) is 3.23. The summed E-state index contributed by atoms with van der Waals surface area (Å²) in [4.78, 5) is 4.27. The summed E-state index contributed by atoms with van der Waals surface area (Å²) in [6.07, 6.45) is 6.72. The second-order valence-electron chi connectivity index (χ2n) is 5.85. The van der Waals surface area contributed by atoms with Crippen molar-refractivity contribution >= 4 is 0 Å². The van der Waals surface area contributed by atoms with E-state index < -0.39 is 0 Å². The van der Waals surface area contributed by atoms with Gasteiger partial charge in [-0.05, 0) is 27.2 Å². The average molecular weight is 261 g/mol. The molecular formula is C14H23N5. The Balaban J connectivity index is 2.28. The molecule has 104 valence electrons. The summed E-state index contributed by atoms with van der Waals surface area (Å²) in [7, 11) is 1.95. The van der Waals surface area contributed by atoms with E-state index in [1.165, 1.54) is 0 Å². The molecule has 0 aromatic carbocycles. The molecule has 2 heterocycles. The van der Waals surface area contributed by atoms with Crippen LogP contribution in [0.4, 0.5) is 0 Å². The first kappa shape index (κ1) is 13.8. The van der Waals surface area contributed by atoms with Crippen LogP contribution in [0, 0.1) is 0 Å². The van der Waals surface area contributed by atoms with Crippen molar-refractivity contribution in [3.63, 3.8) is 0 Å². The highest BCUT2D eigenvalue weighted by Gasteiger charge is 2.14. The van der Waals surface area contributed by atoms with Gasteiger partial charge >= 0.3 is 0 Å². The lowest BCUT2D eigenvalue weighted by atomic mass is 10.1. The first-order valence-corrected chi connectivity index (χ1v) is 6.70. The van der Waals surface area contributed by atoms with Gasteiger partial charge in [0.25, 0.3) is 0 Å². The predicted octanol–water partition coefficient (Wildman–Crippen LogP) is 2.06. The molecule has 0 radical (unpaired) electrons. The van der Waals surface area contributed by atoms with E-state index in [1.54, 1.807) is 0 Å². The third-order valence-electron chi connectivity index (χ3n) is 2.99. The Morgan fingerprint density at radius 1 is 1.32 bits per heavy atom. The van der Waals surface area contributed by atoms with Crippen LogP contribution in [0.15, 0.2) is 18.7 Å². The van der Waals surface area contributed by atoms with Crippen LogP contribution in [0.5, 0.6) is 0 Å². The largest absolute Gasteiger partial charge is 0.306 e. The molecule has 2 aromatic heterocycles. The number of hydrogen-bond donors (Lipinski definition) is 1. The predicted molar refractivity (Wildman–Crippen MR) is 76.3 cm³/mol. The summed E-state index contributed by atoms with van der Waals surface area (Å²) in [6.45, 7) is 9.40. The van der Waals surface area contributed by atoms with Crippen molar-refractivity contribution in [1.29, 1.82) is 0 Å². The minimum absolute atomic E-state index is 0.0949. The Hall–Kier alpha value is -1.62. The number of aryl methyl sites for hydroxylation is 2. The molecule has 0 aliphatic heterocycles. The minimum Gasteiger partial charge on any atom is -0.306 e. The maximum atomic E-state index is 4.48. The quantitative estimate of drug-likeness (QED) is 0.916. The van der Waals surface area contributed by atoms with Crippen molar-refractivity contribution in [1.82, 2.24) is 24.6 Å². The topological polar surface area (TPSA) is 47.7 Å². The Kier molecular flexibility index (Phi) is 3.75. The maximum Gasteiger partial charge on any atom is 0.0995 e. The van der Waals surface area contributed by atoms with Crippen molar-refractivity contribution in [3.8, 4) is 5.69 Å². The summed E-state index contributed by atoms with van der Waals surface area (Å²) in [5.74, 6) is 0. The Morgan fingerprint density at radius 3 is 2.68 bits per heavy atom. The molecule has 0 fully saturated rings. The minimum atomic E-state index is 0.0949. The van der Waals surface area contributed by atoms with E-state index >= 15 is 0 Å². The van der Waals surface area contributed by atoms with Gasteiger partial charge < -0.3 is 5.32 Å². The highest BCUT2D eigenvalue weighted by molar-refractivity contribution is 5.36. The number of nitrogens with zero attached hydrogens (tertiary/aromatic N) is 4. The smallest absolute Gasteiger partial charge is 0.0995 e. The molecule has 1 N–H and O–H groups in total. The van der Waals surface area contributed by atoms with Crippen LogP contribution < -0.4 is 5.32 Å². The molecule has 2 aromatic rings. The molecule has 0 bridgehead atoms. The van der Waals surface area contributed by atoms with E-state index in [4.69, 9.17) is 0 Å². The first-order chi connectivity index (χ1) is 8.90. The van der Waals surface area contributed by atoms with Gasteiger partial charge in [-0.2, -0.15) is 5.10 Å². The molecule has 0 amide bonds. The summed E-state index contributed by atoms with van der Waals surface area (Å²) >= 11 is 0. The zero-order valence-electron chi connectivity index (χ0n) is 12.4. The number of rotatable bonds is 4. The number of aromatic nitrogens is 4. The van der Waals surface area contributed by atoms with Gasteiger partial charge in [0, 0.05) is 31.5 Å². The van der Waals surface area contributed by atoms with E-state index in [1.807, 2.05) is 30.5 Å². The monoisotopic (exact) mass is 261 g/mol. The number of nitrogens with one attached hydrogen (secondary N) is 1. The normalized spacial score (nSPS) is 12.1. The highest BCUT2D eigenvalue weighted by Crippen LogP contribution is 2.16. The molecule has 0 unspecified atom stereocenters. The van der Waals surface area contributed by atoms with Crippen molar-refractivity contribution in [2.24, 2.45) is 7.05 Å². The fourth-order valence-electron chi connectivity index (χ4n) is 2.00. The van der Waals surface area contributed by atoms with Crippen molar-refractivity contribution in [3.05, 3.63) is 30.1 Å². The van der Waals surface area contributed by atoms with Gasteiger partial charge in [0.1, 0.15) is 0 Å². The molecule has 0 aliphatic carbocycles. The van der Waals surface area contributed by atoms with E-state index in [0.29, 0.717) is 0 Å². The molecule has 2 rings (SSSR count). The molecule has 0 saturated carbocycles. The van der Waals surface area contributed by atoms with Crippen molar-refractivity contribution < 1.29 is 0 Å². The zero-order valence-corrected chi connectivity index (χ0v) is 12.4. The van der Waals surface area contributed by atoms with Gasteiger partial charge in [0.15, 0.2) is 0 Å². The Labute approximate surface area is 114 Å². The Morgan fingerprint density at radius 2 is 2.05 bits per heavy atom. The first-order valence-electron chi connectivity index (χ1n) is 6.70. The van der Waals surface area contributed by atoms with E-state index in [-0.39, 0.29) is 5.54 Å². The van der Waals surface area contributed by atoms with Crippen LogP contribution in [-0.2, 0) is 20.0 Å². The lowest BCUT2D eigenvalue weighted by molar-refractivity contribution is 0.419. The number of hydrogen-bond acceptors (Lipinski definition) is 3. The van der Waals surface area contributed by atoms with Gasteiger partial charge in [0.05, 0.1) is 23.4 Å². The fraction of sp³-hybridized carbons (Fsp3) is 0.571. The van der Waals surface area contributed by atoms with Crippen molar-refractivity contribution in [2.75, 3.05) is 0 Å². The van der Waals surface area contributed by atoms with Crippen LogP contribution in [0.1, 0.15) is 39.1 Å². The number of imidazole rings is 1. The van der Waals surface area contributed by atoms with Gasteiger partial charge in [-0.1, -0.05) is 6.92 Å². The maximum absolute atomic E-state index is 4.48. The lowest BCUT2D eigenvalue weighted by Crippen LogP contribution is -2.35. The summed E-state index contributed by atoms with van der Waals surface area (Å²) in [5.41, 5.74) is 3.46. The summed E-state index contributed by atoms with van der Waals surface area (Å²) in [5, 5.41) is 7.97. The molecule has 0 atom stereocenters. The standard InChI is InChI=1S/C14H23N5/c1-6-12-13(9-18(5)17-12)19-10-15-7-11(19)8-16-14(2,3)4/h7,9-10,16H,6,8H2,1-5H3. The van der Waals surface area contributed by atoms with Gasteiger partial charge in [-0.15, -0.1) is 0 Å². The van der Waals surface area contributed by atoms with E-state index in [2.05, 4.69) is 47.7 Å². The van der Waals surface area contributed by atoms with Crippen LogP contribution >= 0.6 is 0 Å². The summed E-state index contributed by atoms with van der Waals surface area (Å²) < 4.78 is 3.97. The molecule has 0 aliphatic rings. The molecular weight excluding hydrogens is 238 g/mol. The van der Waals surface area contributed by atoms with E-state index in [9.17, 15) is 0 Å². The van der Waals surface area contributed by atoms with E-state index in [0.717, 1.165) is 30.0 Å². The fourth-order valence-corrected chi connectivity index (χ4v) is 2.00. The van der Waals surface area contributed by atoms with Gasteiger partial charge in [-0.25, -0.2) is 4.98 Å². The van der Waals surface area contributed by atoms with Crippen LogP contribution in [0.25, 0.3) is 5.69 Å². The zero-order chi connectivity index (χ0) is 14.0. The molecule has 19 heavy (non-hydrogen) atoms. The molecule has 0 saturated heterocycles. The molecule has 5 heteroatoms. The molecule has 5 nitrogen and oxygen atoms in total. The Bertz CT molecular complexity index is 544. The highest BCUT2D eigenvalue weighted by atomic mass is 15.3. The van der Waals surface area contributed by atoms with Crippen molar-refractivity contribution in [2.45, 2.75) is 46.2 Å². The van der Waals surface area contributed by atoms with Gasteiger partial charge in [-0.3, -0.25) is 9.25 Å². The average Bonchev–Trinajstić information content (AvgIpc) is 2.90. The second kappa shape index (κ2) is 5.17. The molecule has 0 spiro atoms. The lowest BCUT2D eigenvalue weighted by Gasteiger charge is -2.20. The summed E-state index contributed by atoms with van der Waals surface area (Å²) in [6, 6.07) is 0. The van der Waals surface area contributed by atoms with Gasteiger partial charge in [0.2, 0.25) is 0 Å². The van der Waals surface area contributed by atoms with Crippen LogP contribution in [0.3, 0.4) is 0 Å².